The number of hydrogen-bond donors (Lipinski definition) is 3. The predicted octanol–water partition coefficient (Wildman–Crippen LogP) is 5.89. The summed E-state index contributed by atoms with van der Waals surface area (Å²) in [6.45, 7) is 0. The number of rotatable bonds is 4. The molecule has 1 atom stereocenters. The highest BCUT2D eigenvalue weighted by molar-refractivity contribution is 7.87. The third kappa shape index (κ3) is 3.65. The highest BCUT2D eigenvalue weighted by atomic mass is 35.5. The van der Waals surface area contributed by atoms with Crippen LogP contribution in [-0.4, -0.2) is 23.2 Å². The molecule has 0 amide bonds. The summed E-state index contributed by atoms with van der Waals surface area (Å²) in [6, 6.07) is 11.7. The van der Waals surface area contributed by atoms with Gasteiger partial charge in [-0.05, 0) is 35.9 Å². The first-order chi connectivity index (χ1) is 13.5. The number of hydrogen-bond acceptors (Lipinski definition) is 4. The number of halogens is 4. The highest BCUT2D eigenvalue weighted by Gasteiger charge is 2.53. The van der Waals surface area contributed by atoms with Gasteiger partial charge in [-0.3, -0.25) is 4.55 Å². The normalized spacial score (nSPS) is 13.8. The number of phenolic OH excluding ortho intramolecular Hbond substituents is 2. The van der Waals surface area contributed by atoms with E-state index in [9.17, 15) is 23.2 Å². The van der Waals surface area contributed by atoms with E-state index in [1.165, 1.54) is 36.4 Å². The van der Waals surface area contributed by atoms with E-state index in [0.29, 0.717) is 0 Å². The van der Waals surface area contributed by atoms with Gasteiger partial charge in [0.25, 0.3) is 10.1 Å². The second-order valence-electron chi connectivity index (χ2n) is 6.08. The minimum absolute atomic E-state index is 0.0165. The van der Waals surface area contributed by atoms with Crippen LogP contribution in [0, 0.1) is 0 Å². The van der Waals surface area contributed by atoms with Crippen molar-refractivity contribution in [2.45, 2.75) is 4.75 Å². The third-order valence-electron chi connectivity index (χ3n) is 4.38. The van der Waals surface area contributed by atoms with Crippen LogP contribution in [0.4, 0.5) is 0 Å². The molecule has 0 saturated heterocycles. The summed E-state index contributed by atoms with van der Waals surface area (Å²) in [5.41, 5.74) is -0.790. The van der Waals surface area contributed by atoms with Gasteiger partial charge >= 0.3 is 0 Å². The van der Waals surface area contributed by atoms with E-state index in [2.05, 4.69) is 0 Å². The van der Waals surface area contributed by atoms with Gasteiger partial charge in [-0.25, -0.2) is 0 Å². The van der Waals surface area contributed by atoms with Crippen LogP contribution in [0.3, 0.4) is 0 Å². The topological polar surface area (TPSA) is 94.8 Å². The smallest absolute Gasteiger partial charge is 0.283 e. The third-order valence-corrected chi connectivity index (χ3v) is 7.10. The fourth-order valence-electron chi connectivity index (χ4n) is 3.25. The molecule has 0 heterocycles. The average molecular weight is 494 g/mol. The molecule has 3 rings (SSSR count). The first kappa shape index (κ1) is 22.0. The SMILES string of the molecule is O=S(=O)(O)C(c1ccc(Cl)c(Cl)c1)(c1ccccc1Cl)c1c(O)cc(Cl)cc1O. The van der Waals surface area contributed by atoms with Gasteiger partial charge < -0.3 is 10.2 Å². The molecule has 3 aromatic carbocycles. The zero-order valence-corrected chi connectivity index (χ0v) is 18.1. The Kier molecular flexibility index (Phi) is 5.98. The van der Waals surface area contributed by atoms with Crippen molar-refractivity contribution in [2.75, 3.05) is 0 Å². The summed E-state index contributed by atoms with van der Waals surface area (Å²) < 4.78 is 33.8. The molecule has 5 nitrogen and oxygen atoms in total. The fourth-order valence-corrected chi connectivity index (χ4v) is 5.44. The lowest BCUT2D eigenvalue weighted by Gasteiger charge is -2.34. The lowest BCUT2D eigenvalue weighted by atomic mass is 9.83. The summed E-state index contributed by atoms with van der Waals surface area (Å²) in [4.78, 5) is 0. The molecule has 0 aliphatic carbocycles. The van der Waals surface area contributed by atoms with Crippen molar-refractivity contribution < 1.29 is 23.2 Å². The van der Waals surface area contributed by atoms with Crippen LogP contribution in [0.2, 0.25) is 20.1 Å². The molecule has 29 heavy (non-hydrogen) atoms. The molecule has 0 aliphatic rings. The first-order valence-electron chi connectivity index (χ1n) is 7.89. The van der Waals surface area contributed by atoms with E-state index in [-0.39, 0.29) is 31.2 Å². The van der Waals surface area contributed by atoms with E-state index in [1.54, 1.807) is 6.07 Å². The van der Waals surface area contributed by atoms with Crippen molar-refractivity contribution in [1.82, 2.24) is 0 Å². The van der Waals surface area contributed by atoms with E-state index >= 15 is 0 Å². The molecule has 10 heteroatoms. The summed E-state index contributed by atoms with van der Waals surface area (Å²) in [6.07, 6.45) is 0. The van der Waals surface area contributed by atoms with Crippen molar-refractivity contribution in [3.63, 3.8) is 0 Å². The van der Waals surface area contributed by atoms with Crippen molar-refractivity contribution in [3.05, 3.63) is 91.4 Å². The van der Waals surface area contributed by atoms with Crippen molar-refractivity contribution in [3.8, 4) is 11.5 Å². The Morgan fingerprint density at radius 2 is 1.34 bits per heavy atom. The minimum atomic E-state index is -5.14. The van der Waals surface area contributed by atoms with Crippen LogP contribution in [-0.2, 0) is 14.9 Å². The second-order valence-corrected chi connectivity index (χ2v) is 9.30. The van der Waals surface area contributed by atoms with Gasteiger partial charge in [-0.1, -0.05) is 70.7 Å². The predicted molar refractivity (Wildman–Crippen MR) is 114 cm³/mol. The zero-order valence-electron chi connectivity index (χ0n) is 14.3. The van der Waals surface area contributed by atoms with Gasteiger partial charge in [0.05, 0.1) is 15.6 Å². The van der Waals surface area contributed by atoms with Gasteiger partial charge in [-0.2, -0.15) is 8.42 Å². The lowest BCUT2D eigenvalue weighted by molar-refractivity contribution is 0.416. The van der Waals surface area contributed by atoms with Gasteiger partial charge in [0, 0.05) is 15.6 Å². The molecule has 3 aromatic rings. The Morgan fingerprint density at radius 1 is 0.759 bits per heavy atom. The zero-order chi connectivity index (χ0) is 21.6. The Balaban J connectivity index is 2.63. The number of aromatic hydroxyl groups is 2. The Hall–Kier alpha value is -1.67. The fraction of sp³-hybridized carbons (Fsp3) is 0.0526. The number of benzene rings is 3. The molecule has 152 valence electrons. The van der Waals surface area contributed by atoms with E-state index in [1.807, 2.05) is 0 Å². The van der Waals surface area contributed by atoms with Crippen LogP contribution >= 0.6 is 46.4 Å². The average Bonchev–Trinajstić information content (AvgIpc) is 2.60. The maximum absolute atomic E-state index is 13.0. The summed E-state index contributed by atoms with van der Waals surface area (Å²) in [7, 11) is -5.14. The molecule has 0 aromatic heterocycles. The quantitative estimate of drug-likeness (QED) is 0.311. The lowest BCUT2D eigenvalue weighted by Crippen LogP contribution is -2.38. The molecule has 0 radical (unpaired) electrons. The van der Waals surface area contributed by atoms with Gasteiger partial charge in [-0.15, -0.1) is 0 Å². The maximum atomic E-state index is 13.0. The standard InChI is InChI=1S/C19H12Cl4O5S/c20-11-8-16(24)18(17(25)9-11)19(29(26,27)28,12-3-1-2-4-13(12)21)10-5-6-14(22)15(23)7-10/h1-9,24-25H,(H,26,27,28). The molecular weight excluding hydrogens is 482 g/mol. The summed E-state index contributed by atoms with van der Waals surface area (Å²) >= 11 is 24.2. The van der Waals surface area contributed by atoms with E-state index in [0.717, 1.165) is 12.1 Å². The summed E-state index contributed by atoms with van der Waals surface area (Å²) in [5.74, 6) is -1.36. The molecule has 0 saturated carbocycles. The van der Waals surface area contributed by atoms with Gasteiger partial charge in [0.1, 0.15) is 11.5 Å². The second kappa shape index (κ2) is 7.87. The van der Waals surface area contributed by atoms with Crippen LogP contribution in [0.15, 0.2) is 54.6 Å². The van der Waals surface area contributed by atoms with Crippen LogP contribution in [0.5, 0.6) is 11.5 Å². The molecule has 3 N–H and O–H groups in total. The van der Waals surface area contributed by atoms with Crippen molar-refractivity contribution >= 4 is 56.5 Å². The van der Waals surface area contributed by atoms with Crippen LogP contribution in [0.25, 0.3) is 0 Å². The summed E-state index contributed by atoms with van der Waals surface area (Å²) in [5, 5.41) is 21.2. The highest BCUT2D eigenvalue weighted by Crippen LogP contribution is 2.53. The molecular formula is C19H12Cl4O5S. The first-order valence-corrected chi connectivity index (χ1v) is 10.8. The molecule has 0 spiro atoms. The van der Waals surface area contributed by atoms with Crippen molar-refractivity contribution in [1.29, 1.82) is 0 Å². The Bertz CT molecular complexity index is 1190. The number of phenols is 2. The molecule has 0 bridgehead atoms. The monoisotopic (exact) mass is 492 g/mol. The molecule has 0 aliphatic heterocycles. The van der Waals surface area contributed by atoms with Crippen LogP contribution < -0.4 is 0 Å². The van der Waals surface area contributed by atoms with Gasteiger partial charge in [0.2, 0.25) is 0 Å². The van der Waals surface area contributed by atoms with Crippen LogP contribution in [0.1, 0.15) is 16.7 Å². The minimum Gasteiger partial charge on any atom is -0.507 e. The van der Waals surface area contributed by atoms with Gasteiger partial charge in [0.15, 0.2) is 4.75 Å². The Labute approximate surface area is 186 Å². The molecule has 0 fully saturated rings. The van der Waals surface area contributed by atoms with E-state index in [4.69, 9.17) is 46.4 Å². The van der Waals surface area contributed by atoms with Crippen molar-refractivity contribution in [2.24, 2.45) is 0 Å². The Morgan fingerprint density at radius 3 is 1.86 bits per heavy atom. The largest absolute Gasteiger partial charge is 0.507 e. The van der Waals surface area contributed by atoms with E-state index < -0.39 is 31.9 Å². The maximum Gasteiger partial charge on any atom is 0.283 e. The molecule has 1 unspecified atom stereocenters.